The fourth-order valence-corrected chi connectivity index (χ4v) is 2.67. The number of nitrogens with zero attached hydrogens (tertiary/aromatic N) is 1. The largest absolute Gasteiger partial charge is 0.366 e. The number of nitrogens with two attached hydrogens (primary N) is 1. The van der Waals surface area contributed by atoms with Gasteiger partial charge >= 0.3 is 0 Å². The van der Waals surface area contributed by atoms with Gasteiger partial charge in [-0.25, -0.2) is 0 Å². The molecule has 1 aromatic carbocycles. The lowest BCUT2D eigenvalue weighted by atomic mass is 10.1. The van der Waals surface area contributed by atoms with Crippen LogP contribution in [-0.4, -0.2) is 10.9 Å². The van der Waals surface area contributed by atoms with E-state index >= 15 is 0 Å². The minimum Gasteiger partial charge on any atom is -0.366 e. The van der Waals surface area contributed by atoms with Gasteiger partial charge in [-0.3, -0.25) is 9.78 Å². The molecule has 0 aliphatic carbocycles. The Bertz CT molecular complexity index is 702. The average molecular weight is 228 g/mol. The summed E-state index contributed by atoms with van der Waals surface area (Å²) in [6, 6.07) is 7.41. The van der Waals surface area contributed by atoms with Crippen molar-refractivity contribution in [2.24, 2.45) is 5.73 Å². The Morgan fingerprint density at radius 3 is 3.00 bits per heavy atom. The summed E-state index contributed by atoms with van der Waals surface area (Å²) in [5.74, 6) is -0.421. The Balaban J connectivity index is 2.41. The van der Waals surface area contributed by atoms with Gasteiger partial charge < -0.3 is 5.73 Å². The van der Waals surface area contributed by atoms with Crippen molar-refractivity contribution in [3.05, 3.63) is 41.4 Å². The number of rotatable bonds is 1. The Hall–Kier alpha value is -1.94. The lowest BCUT2D eigenvalue weighted by molar-refractivity contribution is 0.100. The fourth-order valence-electron chi connectivity index (χ4n) is 1.76. The van der Waals surface area contributed by atoms with Gasteiger partial charge in [-0.05, 0) is 23.6 Å². The normalized spacial score (nSPS) is 11.0. The van der Waals surface area contributed by atoms with E-state index in [0.29, 0.717) is 5.56 Å². The van der Waals surface area contributed by atoms with Crippen molar-refractivity contribution in [1.29, 1.82) is 0 Å². The summed E-state index contributed by atoms with van der Waals surface area (Å²) in [6.07, 6.45) is 1.82. The number of hydrogen-bond donors (Lipinski definition) is 1. The van der Waals surface area contributed by atoms with Crippen molar-refractivity contribution in [1.82, 2.24) is 4.98 Å². The number of fused-ring (bicyclic) bond motifs is 3. The van der Waals surface area contributed by atoms with Crippen LogP contribution < -0.4 is 5.73 Å². The molecule has 2 N–H and O–H groups in total. The molecular formula is C12H8N2OS. The number of carbonyl (C=O) groups excluding carboxylic acids is 1. The Morgan fingerprint density at radius 1 is 1.31 bits per heavy atom. The molecule has 4 heteroatoms. The van der Waals surface area contributed by atoms with Crippen LogP contribution in [0.4, 0.5) is 0 Å². The van der Waals surface area contributed by atoms with Crippen molar-refractivity contribution < 1.29 is 4.79 Å². The molecule has 3 nitrogen and oxygen atoms in total. The first-order chi connectivity index (χ1) is 7.75. The summed E-state index contributed by atoms with van der Waals surface area (Å²) in [7, 11) is 0. The molecule has 1 amide bonds. The van der Waals surface area contributed by atoms with Gasteiger partial charge in [-0.1, -0.05) is 6.07 Å². The third-order valence-corrected chi connectivity index (χ3v) is 3.53. The maximum Gasteiger partial charge on any atom is 0.248 e. The molecule has 0 saturated heterocycles. The molecule has 0 spiro atoms. The SMILES string of the molecule is NC(=O)c1ccc2c(c1)ncc1ccsc12. The topological polar surface area (TPSA) is 56.0 Å². The smallest absolute Gasteiger partial charge is 0.248 e. The van der Waals surface area contributed by atoms with Crippen LogP contribution in [0, 0.1) is 0 Å². The molecule has 0 aliphatic heterocycles. The first-order valence-corrected chi connectivity index (χ1v) is 5.69. The van der Waals surface area contributed by atoms with Crippen LogP contribution >= 0.6 is 11.3 Å². The second-order valence-electron chi connectivity index (χ2n) is 3.56. The molecule has 3 aromatic rings. The minimum absolute atomic E-state index is 0.421. The molecule has 16 heavy (non-hydrogen) atoms. The summed E-state index contributed by atoms with van der Waals surface area (Å²) in [4.78, 5) is 15.4. The standard InChI is InChI=1S/C12H8N2OS/c13-12(15)7-1-2-9-10(5-7)14-6-8-3-4-16-11(8)9/h1-6H,(H2,13,15). The molecule has 2 heterocycles. The van der Waals surface area contributed by atoms with Gasteiger partial charge in [-0.2, -0.15) is 0 Å². The van der Waals surface area contributed by atoms with E-state index in [4.69, 9.17) is 5.73 Å². The van der Waals surface area contributed by atoms with E-state index in [1.165, 1.54) is 4.70 Å². The molecule has 0 unspecified atom stereocenters. The highest BCUT2D eigenvalue weighted by molar-refractivity contribution is 7.18. The van der Waals surface area contributed by atoms with Crippen molar-refractivity contribution >= 4 is 38.2 Å². The second-order valence-corrected chi connectivity index (χ2v) is 4.48. The van der Waals surface area contributed by atoms with E-state index in [1.54, 1.807) is 23.5 Å². The minimum atomic E-state index is -0.421. The van der Waals surface area contributed by atoms with E-state index in [-0.39, 0.29) is 0 Å². The molecule has 3 rings (SSSR count). The van der Waals surface area contributed by atoms with Crippen molar-refractivity contribution in [2.75, 3.05) is 0 Å². The van der Waals surface area contributed by atoms with Gasteiger partial charge in [0.25, 0.3) is 0 Å². The summed E-state index contributed by atoms with van der Waals surface area (Å²) in [5.41, 5.74) is 6.54. The van der Waals surface area contributed by atoms with Gasteiger partial charge in [0.05, 0.1) is 5.52 Å². The molecule has 78 valence electrons. The first-order valence-electron chi connectivity index (χ1n) is 4.81. The average Bonchev–Trinajstić information content (AvgIpc) is 2.76. The zero-order chi connectivity index (χ0) is 11.1. The van der Waals surface area contributed by atoms with Gasteiger partial charge in [0, 0.05) is 27.2 Å². The van der Waals surface area contributed by atoms with E-state index in [1.807, 2.05) is 23.7 Å². The quantitative estimate of drug-likeness (QED) is 0.695. The molecule has 0 radical (unpaired) electrons. The Morgan fingerprint density at radius 2 is 2.19 bits per heavy atom. The maximum atomic E-state index is 11.1. The second kappa shape index (κ2) is 3.28. The monoisotopic (exact) mass is 228 g/mol. The molecular weight excluding hydrogens is 220 g/mol. The van der Waals surface area contributed by atoms with Crippen LogP contribution in [0.25, 0.3) is 21.0 Å². The number of hydrogen-bond acceptors (Lipinski definition) is 3. The summed E-state index contributed by atoms with van der Waals surface area (Å²) >= 11 is 1.67. The summed E-state index contributed by atoms with van der Waals surface area (Å²) in [6.45, 7) is 0. The number of carbonyl (C=O) groups is 1. The fraction of sp³-hybridized carbons (Fsp3) is 0. The molecule has 0 atom stereocenters. The van der Waals surface area contributed by atoms with Crippen LogP contribution in [0.3, 0.4) is 0 Å². The summed E-state index contributed by atoms with van der Waals surface area (Å²) in [5, 5.41) is 4.23. The predicted molar refractivity (Wildman–Crippen MR) is 65.6 cm³/mol. The molecule has 0 saturated carbocycles. The van der Waals surface area contributed by atoms with Gasteiger partial charge in [0.15, 0.2) is 0 Å². The molecule has 0 aliphatic rings. The lowest BCUT2D eigenvalue weighted by Crippen LogP contribution is -2.10. The van der Waals surface area contributed by atoms with Crippen molar-refractivity contribution in [2.45, 2.75) is 0 Å². The van der Waals surface area contributed by atoms with E-state index < -0.39 is 5.91 Å². The molecule has 0 fully saturated rings. The van der Waals surface area contributed by atoms with E-state index in [2.05, 4.69) is 4.98 Å². The number of pyridine rings is 1. The molecule has 0 bridgehead atoms. The van der Waals surface area contributed by atoms with Crippen molar-refractivity contribution in [3.8, 4) is 0 Å². The van der Waals surface area contributed by atoms with Gasteiger partial charge in [-0.15, -0.1) is 11.3 Å². The lowest BCUT2D eigenvalue weighted by Gasteiger charge is -2.00. The number of thiophene rings is 1. The van der Waals surface area contributed by atoms with Gasteiger partial charge in [0.1, 0.15) is 0 Å². The first kappa shape index (κ1) is 9.30. The zero-order valence-electron chi connectivity index (χ0n) is 8.31. The van der Waals surface area contributed by atoms with E-state index in [9.17, 15) is 4.79 Å². The predicted octanol–water partition coefficient (Wildman–Crippen LogP) is 2.55. The maximum absolute atomic E-state index is 11.1. The van der Waals surface area contributed by atoms with Crippen LogP contribution in [0.5, 0.6) is 0 Å². The van der Waals surface area contributed by atoms with Crippen molar-refractivity contribution in [3.63, 3.8) is 0 Å². The summed E-state index contributed by atoms with van der Waals surface area (Å²) < 4.78 is 1.20. The number of primary amides is 1. The van der Waals surface area contributed by atoms with Gasteiger partial charge in [0.2, 0.25) is 5.91 Å². The van der Waals surface area contributed by atoms with Crippen LogP contribution in [-0.2, 0) is 0 Å². The van der Waals surface area contributed by atoms with Crippen LogP contribution in [0.15, 0.2) is 35.8 Å². The number of aromatic nitrogens is 1. The van der Waals surface area contributed by atoms with E-state index in [0.717, 1.165) is 16.3 Å². The van der Waals surface area contributed by atoms with Crippen LogP contribution in [0.1, 0.15) is 10.4 Å². The third kappa shape index (κ3) is 1.27. The number of benzene rings is 1. The zero-order valence-corrected chi connectivity index (χ0v) is 9.12. The Labute approximate surface area is 95.5 Å². The highest BCUT2D eigenvalue weighted by Crippen LogP contribution is 2.28. The highest BCUT2D eigenvalue weighted by atomic mass is 32.1. The molecule has 2 aromatic heterocycles. The Kier molecular flexibility index (Phi) is 1.91. The third-order valence-electron chi connectivity index (χ3n) is 2.57. The highest BCUT2D eigenvalue weighted by Gasteiger charge is 2.06. The number of amides is 1. The van der Waals surface area contributed by atoms with Crippen LogP contribution in [0.2, 0.25) is 0 Å².